The molecule has 8 heteroatoms. The Balaban J connectivity index is 2.06. The number of unbranched alkanes of at least 4 members (excludes halogenated alkanes) is 2. The van der Waals surface area contributed by atoms with Crippen LogP contribution in [0.5, 0.6) is 11.5 Å². The van der Waals surface area contributed by atoms with Crippen molar-refractivity contribution in [1.29, 1.82) is 0 Å². The molecule has 0 unspecified atom stereocenters. The van der Waals surface area contributed by atoms with Crippen LogP contribution in [-0.4, -0.2) is 28.0 Å². The fourth-order valence-electron chi connectivity index (χ4n) is 2.42. The van der Waals surface area contributed by atoms with E-state index in [1.807, 2.05) is 0 Å². The zero-order chi connectivity index (χ0) is 19.9. The van der Waals surface area contributed by atoms with Gasteiger partial charge in [0.15, 0.2) is 0 Å². The summed E-state index contributed by atoms with van der Waals surface area (Å²) in [6.45, 7) is 2.77. The molecule has 0 aliphatic rings. The quantitative estimate of drug-likeness (QED) is 0.637. The van der Waals surface area contributed by atoms with E-state index < -0.39 is 10.0 Å². The lowest BCUT2D eigenvalue weighted by molar-refractivity contribution is 0.102. The summed E-state index contributed by atoms with van der Waals surface area (Å²) in [5.74, 6) is 0.432. The standard InChI is InChI=1S/C19H24N2O5S/c1-3-4-5-12-26-16-9-6-14(7-10-16)19(22)21-15-8-11-17(25-2)18(13-15)27(20,23)24/h6-11,13H,3-5,12H2,1-2H3,(H,21,22)(H2,20,23,24). The molecule has 0 radical (unpaired) electrons. The highest BCUT2D eigenvalue weighted by Gasteiger charge is 2.16. The summed E-state index contributed by atoms with van der Waals surface area (Å²) in [5, 5.41) is 7.83. The number of ether oxygens (including phenoxy) is 2. The summed E-state index contributed by atoms with van der Waals surface area (Å²) in [5.41, 5.74) is 0.716. The number of sulfonamides is 1. The molecule has 27 heavy (non-hydrogen) atoms. The van der Waals surface area contributed by atoms with Crippen molar-refractivity contribution in [3.63, 3.8) is 0 Å². The van der Waals surface area contributed by atoms with Gasteiger partial charge in [0.05, 0.1) is 13.7 Å². The first-order chi connectivity index (χ1) is 12.8. The second-order valence-electron chi connectivity index (χ2n) is 5.94. The number of hydrogen-bond acceptors (Lipinski definition) is 5. The van der Waals surface area contributed by atoms with Gasteiger partial charge in [-0.15, -0.1) is 0 Å². The Labute approximate surface area is 159 Å². The molecule has 1 amide bonds. The molecule has 7 nitrogen and oxygen atoms in total. The number of nitrogens with one attached hydrogen (secondary N) is 1. The van der Waals surface area contributed by atoms with Crippen LogP contribution in [-0.2, 0) is 10.0 Å². The number of hydrogen-bond donors (Lipinski definition) is 2. The summed E-state index contributed by atoms with van der Waals surface area (Å²) < 4.78 is 33.9. The number of methoxy groups -OCH3 is 1. The monoisotopic (exact) mass is 392 g/mol. The summed E-state index contributed by atoms with van der Waals surface area (Å²) >= 11 is 0. The third kappa shape index (κ3) is 5.97. The Morgan fingerprint density at radius 3 is 2.41 bits per heavy atom. The Morgan fingerprint density at radius 2 is 1.81 bits per heavy atom. The molecule has 2 rings (SSSR count). The zero-order valence-corrected chi connectivity index (χ0v) is 16.2. The Kier molecular flexibility index (Phi) is 7.20. The van der Waals surface area contributed by atoms with Crippen LogP contribution >= 0.6 is 0 Å². The van der Waals surface area contributed by atoms with Crippen LogP contribution in [0.25, 0.3) is 0 Å². The third-order valence-corrected chi connectivity index (χ3v) is 4.79. The fourth-order valence-corrected chi connectivity index (χ4v) is 3.15. The molecule has 3 N–H and O–H groups in total. The highest BCUT2D eigenvalue weighted by molar-refractivity contribution is 7.89. The highest BCUT2D eigenvalue weighted by atomic mass is 32.2. The summed E-state index contributed by atoms with van der Waals surface area (Å²) in [6, 6.07) is 11.0. The maximum Gasteiger partial charge on any atom is 0.255 e. The van der Waals surface area contributed by atoms with Gasteiger partial charge >= 0.3 is 0 Å². The van der Waals surface area contributed by atoms with E-state index in [9.17, 15) is 13.2 Å². The van der Waals surface area contributed by atoms with Crippen molar-refractivity contribution in [3.8, 4) is 11.5 Å². The van der Waals surface area contributed by atoms with Crippen molar-refractivity contribution in [2.75, 3.05) is 19.0 Å². The second-order valence-corrected chi connectivity index (χ2v) is 7.47. The SMILES string of the molecule is CCCCCOc1ccc(C(=O)Nc2ccc(OC)c(S(N)(=O)=O)c2)cc1. The predicted octanol–water partition coefficient (Wildman–Crippen LogP) is 3.16. The molecular formula is C19H24N2O5S. The van der Waals surface area contributed by atoms with Crippen LogP contribution < -0.4 is 19.9 Å². The third-order valence-electron chi connectivity index (χ3n) is 3.86. The minimum atomic E-state index is -3.98. The summed E-state index contributed by atoms with van der Waals surface area (Å²) in [4.78, 5) is 12.2. The molecule has 0 heterocycles. The van der Waals surface area contributed by atoms with E-state index in [2.05, 4.69) is 12.2 Å². The highest BCUT2D eigenvalue weighted by Crippen LogP contribution is 2.26. The van der Waals surface area contributed by atoms with Gasteiger partial charge in [-0.3, -0.25) is 4.79 Å². The number of amides is 1. The molecule has 0 saturated carbocycles. The first kappa shape index (κ1) is 20.7. The first-order valence-electron chi connectivity index (χ1n) is 8.60. The van der Waals surface area contributed by atoms with Crippen molar-refractivity contribution in [2.24, 2.45) is 5.14 Å². The molecular weight excluding hydrogens is 368 g/mol. The number of benzene rings is 2. The number of anilines is 1. The smallest absolute Gasteiger partial charge is 0.255 e. The minimum absolute atomic E-state index is 0.111. The van der Waals surface area contributed by atoms with Gasteiger partial charge in [0.25, 0.3) is 5.91 Å². The second kappa shape index (κ2) is 9.38. The first-order valence-corrected chi connectivity index (χ1v) is 10.1. The molecule has 0 aliphatic heterocycles. The molecule has 2 aromatic carbocycles. The van der Waals surface area contributed by atoms with Gasteiger partial charge in [0.1, 0.15) is 16.4 Å². The average Bonchev–Trinajstić information content (AvgIpc) is 2.65. The topological polar surface area (TPSA) is 108 Å². The maximum absolute atomic E-state index is 12.4. The summed E-state index contributed by atoms with van der Waals surface area (Å²) in [7, 11) is -2.64. The molecule has 0 aliphatic carbocycles. The van der Waals surface area contributed by atoms with Crippen molar-refractivity contribution < 1.29 is 22.7 Å². The van der Waals surface area contributed by atoms with Gasteiger partial charge in [-0.2, -0.15) is 0 Å². The van der Waals surface area contributed by atoms with E-state index in [1.54, 1.807) is 24.3 Å². The van der Waals surface area contributed by atoms with E-state index in [-0.39, 0.29) is 16.6 Å². The molecule has 2 aromatic rings. The van der Waals surface area contributed by atoms with E-state index >= 15 is 0 Å². The van der Waals surface area contributed by atoms with Crippen LogP contribution in [0.15, 0.2) is 47.4 Å². The Morgan fingerprint density at radius 1 is 1.11 bits per heavy atom. The van der Waals surface area contributed by atoms with Crippen LogP contribution in [0, 0.1) is 0 Å². The summed E-state index contributed by atoms with van der Waals surface area (Å²) in [6.07, 6.45) is 3.23. The van der Waals surface area contributed by atoms with Gasteiger partial charge in [0.2, 0.25) is 10.0 Å². The van der Waals surface area contributed by atoms with Gasteiger partial charge in [-0.25, -0.2) is 13.6 Å². The van der Waals surface area contributed by atoms with Gasteiger partial charge in [-0.05, 0) is 48.9 Å². The maximum atomic E-state index is 12.4. The van der Waals surface area contributed by atoms with E-state index in [4.69, 9.17) is 14.6 Å². The van der Waals surface area contributed by atoms with Crippen LogP contribution in [0.4, 0.5) is 5.69 Å². The average molecular weight is 392 g/mol. The largest absolute Gasteiger partial charge is 0.495 e. The molecule has 0 spiro atoms. The molecule has 146 valence electrons. The van der Waals surface area contributed by atoms with Crippen LogP contribution in [0.2, 0.25) is 0 Å². The van der Waals surface area contributed by atoms with E-state index in [0.29, 0.717) is 23.6 Å². The van der Waals surface area contributed by atoms with Gasteiger partial charge in [-0.1, -0.05) is 19.8 Å². The normalized spacial score (nSPS) is 11.1. The van der Waals surface area contributed by atoms with Crippen molar-refractivity contribution in [1.82, 2.24) is 0 Å². The van der Waals surface area contributed by atoms with Gasteiger partial charge in [0, 0.05) is 11.3 Å². The number of carbonyl (C=O) groups excluding carboxylic acids is 1. The molecule has 0 saturated heterocycles. The molecule has 0 fully saturated rings. The Hall–Kier alpha value is -2.58. The fraction of sp³-hybridized carbons (Fsp3) is 0.316. The molecule has 0 bridgehead atoms. The Bertz CT molecular complexity index is 879. The predicted molar refractivity (Wildman–Crippen MR) is 104 cm³/mol. The lowest BCUT2D eigenvalue weighted by Gasteiger charge is -2.11. The van der Waals surface area contributed by atoms with Crippen molar-refractivity contribution in [3.05, 3.63) is 48.0 Å². The van der Waals surface area contributed by atoms with Crippen LogP contribution in [0.3, 0.4) is 0 Å². The number of rotatable bonds is 9. The number of carbonyl (C=O) groups is 1. The molecule has 0 aromatic heterocycles. The minimum Gasteiger partial charge on any atom is -0.495 e. The van der Waals surface area contributed by atoms with Crippen molar-refractivity contribution in [2.45, 2.75) is 31.1 Å². The van der Waals surface area contributed by atoms with E-state index in [1.165, 1.54) is 25.3 Å². The lowest BCUT2D eigenvalue weighted by Crippen LogP contribution is -2.16. The molecule has 0 atom stereocenters. The van der Waals surface area contributed by atoms with E-state index in [0.717, 1.165) is 19.3 Å². The van der Waals surface area contributed by atoms with Crippen LogP contribution in [0.1, 0.15) is 36.5 Å². The number of nitrogens with two attached hydrogens (primary N) is 1. The van der Waals surface area contributed by atoms with Gasteiger partial charge < -0.3 is 14.8 Å². The lowest BCUT2D eigenvalue weighted by atomic mass is 10.2. The zero-order valence-electron chi connectivity index (χ0n) is 15.4. The van der Waals surface area contributed by atoms with Crippen molar-refractivity contribution >= 4 is 21.6 Å². The number of primary sulfonamides is 1.